The maximum absolute atomic E-state index is 14.0. The van der Waals surface area contributed by atoms with Gasteiger partial charge in [-0.1, -0.05) is 54.6 Å². The molecule has 0 saturated heterocycles. The summed E-state index contributed by atoms with van der Waals surface area (Å²) in [6.07, 6.45) is 1.52. The lowest BCUT2D eigenvalue weighted by molar-refractivity contribution is -0.116. The predicted molar refractivity (Wildman–Crippen MR) is 227 cm³/mol. The normalized spacial score (nSPS) is 11.5. The third-order valence-electron chi connectivity index (χ3n) is 8.63. The van der Waals surface area contributed by atoms with Crippen LogP contribution in [-0.2, 0) is 9.59 Å². The van der Waals surface area contributed by atoms with Gasteiger partial charge in [0.25, 0.3) is 11.8 Å². The van der Waals surface area contributed by atoms with Crippen LogP contribution in [0.25, 0.3) is 17.3 Å². The molecule has 0 fully saturated rings. The molecule has 0 saturated carbocycles. The average Bonchev–Trinajstić information content (AvgIpc) is 3.73. The Morgan fingerprint density at radius 3 is 2.02 bits per heavy atom. The zero-order chi connectivity index (χ0) is 41.0. The number of nitrogens with zero attached hydrogens (tertiary/aromatic N) is 1. The third-order valence-corrected chi connectivity index (χ3v) is 10.6. The van der Waals surface area contributed by atoms with Crippen LogP contribution in [-0.4, -0.2) is 58.3 Å². The van der Waals surface area contributed by atoms with Crippen LogP contribution in [0.3, 0.4) is 0 Å². The Morgan fingerprint density at radius 2 is 1.36 bits per heavy atom. The number of amides is 3. The highest BCUT2D eigenvalue weighted by atomic mass is 32.2. The minimum absolute atomic E-state index is 0.0429. The van der Waals surface area contributed by atoms with E-state index in [4.69, 9.17) is 23.7 Å². The molecule has 1 unspecified atom stereocenters. The highest BCUT2D eigenvalue weighted by Crippen LogP contribution is 2.40. The fraction of sp³-hybridized carbons (Fsp3) is 0.136. The van der Waals surface area contributed by atoms with Gasteiger partial charge in [0.15, 0.2) is 28.1 Å². The van der Waals surface area contributed by atoms with Gasteiger partial charge in [-0.05, 0) is 77.9 Å². The van der Waals surface area contributed by atoms with Crippen molar-refractivity contribution in [1.82, 2.24) is 10.3 Å². The Balaban J connectivity index is 1.24. The molecule has 14 heteroatoms. The second-order valence-electron chi connectivity index (χ2n) is 12.3. The first-order chi connectivity index (χ1) is 28.2. The molecule has 296 valence electrons. The van der Waals surface area contributed by atoms with E-state index in [0.717, 1.165) is 11.1 Å². The number of thioether (sulfide) groups is 1. The van der Waals surface area contributed by atoms with E-state index in [1.165, 1.54) is 50.5 Å². The van der Waals surface area contributed by atoms with Crippen molar-refractivity contribution in [2.45, 2.75) is 10.1 Å². The van der Waals surface area contributed by atoms with Gasteiger partial charge in [0, 0.05) is 27.1 Å². The summed E-state index contributed by atoms with van der Waals surface area (Å²) in [6.45, 7) is 0. The van der Waals surface area contributed by atoms with Gasteiger partial charge < -0.3 is 39.6 Å². The molecule has 0 spiro atoms. The van der Waals surface area contributed by atoms with Crippen LogP contribution >= 0.6 is 23.1 Å². The molecule has 1 atom stereocenters. The summed E-state index contributed by atoms with van der Waals surface area (Å²) in [5.74, 6) is 0.943. The van der Waals surface area contributed by atoms with E-state index in [2.05, 4.69) is 20.9 Å². The number of thiazole rings is 1. The second-order valence-corrected chi connectivity index (χ2v) is 14.4. The minimum Gasteiger partial charge on any atom is -0.493 e. The molecule has 3 N–H and O–H groups in total. The second kappa shape index (κ2) is 19.4. The zero-order valence-electron chi connectivity index (χ0n) is 32.2. The van der Waals surface area contributed by atoms with Gasteiger partial charge in [-0.3, -0.25) is 14.4 Å². The molecule has 12 nitrogen and oxygen atoms in total. The topological polar surface area (TPSA) is 146 Å². The van der Waals surface area contributed by atoms with Crippen LogP contribution in [0, 0.1) is 0 Å². The van der Waals surface area contributed by atoms with E-state index in [0.29, 0.717) is 61.3 Å². The standard InChI is InChI=1S/C44H40N4O8S2/c1-52-35-20-19-30(24-36(35)53-2)34-26-57-44(47-34)48-43(51)40(28-13-8-6-9-14-28)58-32-18-12-17-31(25-32)45-42(50)33(46-41(49)29-15-10-7-11-16-29)21-27-22-37(54-3)39(56-5)38(23-27)55-4/h6-26,40H,1-5H3,(H,45,50)(H,46,49)(H,47,48,51)/b33-21+. The van der Waals surface area contributed by atoms with Crippen molar-refractivity contribution >= 4 is 57.7 Å². The number of hydrogen-bond donors (Lipinski definition) is 3. The monoisotopic (exact) mass is 816 g/mol. The fourth-order valence-corrected chi connectivity index (χ4v) is 7.61. The largest absolute Gasteiger partial charge is 0.493 e. The highest BCUT2D eigenvalue weighted by molar-refractivity contribution is 8.00. The average molecular weight is 817 g/mol. The molecule has 6 rings (SSSR count). The minimum atomic E-state index is -0.679. The summed E-state index contributed by atoms with van der Waals surface area (Å²) >= 11 is 2.62. The van der Waals surface area contributed by atoms with Gasteiger partial charge in [0.05, 0.1) is 41.2 Å². The molecule has 0 aliphatic carbocycles. The molecule has 58 heavy (non-hydrogen) atoms. The number of aromatic nitrogens is 1. The molecule has 0 aliphatic heterocycles. The predicted octanol–water partition coefficient (Wildman–Crippen LogP) is 8.73. The Morgan fingerprint density at radius 1 is 0.690 bits per heavy atom. The number of rotatable bonds is 16. The van der Waals surface area contributed by atoms with Crippen molar-refractivity contribution in [3.8, 4) is 40.0 Å². The van der Waals surface area contributed by atoms with E-state index in [1.807, 2.05) is 53.9 Å². The molecule has 0 bridgehead atoms. The molecule has 3 amide bonds. The van der Waals surface area contributed by atoms with E-state index in [9.17, 15) is 14.4 Å². The molecular formula is C44H40N4O8S2. The first kappa shape index (κ1) is 40.9. The van der Waals surface area contributed by atoms with E-state index in [1.54, 1.807) is 80.9 Å². The Hall–Kier alpha value is -6.77. The van der Waals surface area contributed by atoms with Gasteiger partial charge in [-0.15, -0.1) is 23.1 Å². The first-order valence-corrected chi connectivity index (χ1v) is 19.5. The molecule has 0 radical (unpaired) electrons. The fourth-order valence-electron chi connectivity index (χ4n) is 5.81. The molecule has 1 aromatic heterocycles. The van der Waals surface area contributed by atoms with Gasteiger partial charge in [0.1, 0.15) is 10.9 Å². The summed E-state index contributed by atoms with van der Waals surface area (Å²) in [6, 6.07) is 33.9. The van der Waals surface area contributed by atoms with Crippen LogP contribution in [0.15, 0.2) is 131 Å². The molecule has 6 aromatic rings. The Bertz CT molecular complexity index is 2400. The van der Waals surface area contributed by atoms with Gasteiger partial charge >= 0.3 is 0 Å². The number of nitrogens with one attached hydrogen (secondary N) is 3. The SMILES string of the molecule is COc1ccc(-c2csc(NC(=O)C(Sc3cccc(NC(=O)/C(=C\c4cc(OC)c(OC)c(OC)c4)NC(=O)c4ccccc4)c3)c3ccccc3)n2)cc1OC. The van der Waals surface area contributed by atoms with Crippen LogP contribution in [0.1, 0.15) is 26.7 Å². The highest BCUT2D eigenvalue weighted by Gasteiger charge is 2.24. The maximum Gasteiger partial charge on any atom is 0.272 e. The smallest absolute Gasteiger partial charge is 0.272 e. The summed E-state index contributed by atoms with van der Waals surface area (Å²) in [5.41, 5.74) is 3.52. The van der Waals surface area contributed by atoms with Crippen molar-refractivity contribution < 1.29 is 38.1 Å². The third kappa shape index (κ3) is 9.96. The van der Waals surface area contributed by atoms with Crippen molar-refractivity contribution in [3.05, 3.63) is 143 Å². The zero-order valence-corrected chi connectivity index (χ0v) is 33.9. The van der Waals surface area contributed by atoms with Crippen molar-refractivity contribution in [2.24, 2.45) is 0 Å². The molecular weight excluding hydrogens is 777 g/mol. The molecule has 0 aliphatic rings. The maximum atomic E-state index is 14.0. The summed E-state index contributed by atoms with van der Waals surface area (Å²) < 4.78 is 27.3. The van der Waals surface area contributed by atoms with Crippen LogP contribution in [0.5, 0.6) is 28.7 Å². The Labute approximate surface area is 344 Å². The number of ether oxygens (including phenoxy) is 5. The Kier molecular flexibility index (Phi) is 13.7. The number of benzene rings is 5. The lowest BCUT2D eigenvalue weighted by Gasteiger charge is -2.17. The first-order valence-electron chi connectivity index (χ1n) is 17.7. The number of carbonyl (C=O) groups is 3. The summed E-state index contributed by atoms with van der Waals surface area (Å²) in [4.78, 5) is 46.7. The molecule has 5 aromatic carbocycles. The quantitative estimate of drug-likeness (QED) is 0.0641. The van der Waals surface area contributed by atoms with Crippen LogP contribution in [0.4, 0.5) is 10.8 Å². The number of anilines is 2. The number of hydrogen-bond acceptors (Lipinski definition) is 11. The van der Waals surface area contributed by atoms with E-state index >= 15 is 0 Å². The van der Waals surface area contributed by atoms with Crippen LogP contribution in [0.2, 0.25) is 0 Å². The number of carbonyl (C=O) groups excluding carboxylic acids is 3. The lowest BCUT2D eigenvalue weighted by Crippen LogP contribution is -2.30. The summed E-state index contributed by atoms with van der Waals surface area (Å²) in [7, 11) is 7.62. The lowest BCUT2D eigenvalue weighted by atomic mass is 10.1. The number of methoxy groups -OCH3 is 5. The molecule has 1 heterocycles. The van der Waals surface area contributed by atoms with Crippen LogP contribution < -0.4 is 39.6 Å². The van der Waals surface area contributed by atoms with Crippen molar-refractivity contribution in [3.63, 3.8) is 0 Å². The van der Waals surface area contributed by atoms with E-state index < -0.39 is 17.1 Å². The van der Waals surface area contributed by atoms with Gasteiger partial charge in [0.2, 0.25) is 11.7 Å². The van der Waals surface area contributed by atoms with Gasteiger partial charge in [-0.25, -0.2) is 4.98 Å². The van der Waals surface area contributed by atoms with Crippen molar-refractivity contribution in [1.29, 1.82) is 0 Å². The van der Waals surface area contributed by atoms with E-state index in [-0.39, 0.29) is 11.6 Å². The van der Waals surface area contributed by atoms with Crippen molar-refractivity contribution in [2.75, 3.05) is 46.2 Å². The summed E-state index contributed by atoms with van der Waals surface area (Å²) in [5, 5.41) is 10.3. The van der Waals surface area contributed by atoms with Gasteiger partial charge in [-0.2, -0.15) is 0 Å².